The minimum absolute atomic E-state index is 0.0871. The lowest BCUT2D eigenvalue weighted by Gasteiger charge is -2.23. The van der Waals surface area contributed by atoms with E-state index in [2.05, 4.69) is 21.8 Å². The minimum atomic E-state index is -3.16. The summed E-state index contributed by atoms with van der Waals surface area (Å²) >= 11 is 0. The molecule has 0 aliphatic carbocycles. The molecule has 1 N–H and O–H groups in total. The summed E-state index contributed by atoms with van der Waals surface area (Å²) in [5.74, 6) is 0. The van der Waals surface area contributed by atoms with E-state index in [-0.39, 0.29) is 6.10 Å². The standard InChI is InChI=1S/C14H22N2O3S/c1-20(17,18)15-10-14-12-16(8-5-9-19-14)11-13-6-3-2-4-7-13/h2-4,6-7,14-15H,5,8-12H2,1H3/t14-/m1/s1. The highest BCUT2D eigenvalue weighted by molar-refractivity contribution is 7.88. The first-order valence-electron chi connectivity index (χ1n) is 6.85. The summed E-state index contributed by atoms with van der Waals surface area (Å²) in [6.07, 6.45) is 2.06. The van der Waals surface area contributed by atoms with E-state index in [1.165, 1.54) is 11.8 Å². The number of hydrogen-bond donors (Lipinski definition) is 1. The van der Waals surface area contributed by atoms with Gasteiger partial charge >= 0.3 is 0 Å². The summed E-state index contributed by atoms with van der Waals surface area (Å²) in [5.41, 5.74) is 1.27. The molecule has 6 heteroatoms. The SMILES string of the molecule is CS(=O)(=O)NC[C@@H]1CN(Cc2ccccc2)CCCO1. The van der Waals surface area contributed by atoms with E-state index >= 15 is 0 Å². The third-order valence-corrected chi connectivity index (χ3v) is 3.95. The van der Waals surface area contributed by atoms with E-state index in [9.17, 15) is 8.42 Å². The van der Waals surface area contributed by atoms with Crippen molar-refractivity contribution >= 4 is 10.0 Å². The molecule has 112 valence electrons. The molecule has 1 heterocycles. The highest BCUT2D eigenvalue weighted by Crippen LogP contribution is 2.10. The van der Waals surface area contributed by atoms with Crippen LogP contribution in [0.25, 0.3) is 0 Å². The lowest BCUT2D eigenvalue weighted by molar-refractivity contribution is 0.0571. The van der Waals surface area contributed by atoms with Crippen LogP contribution < -0.4 is 4.72 Å². The molecule has 1 aromatic rings. The first-order valence-corrected chi connectivity index (χ1v) is 8.74. The molecular formula is C14H22N2O3S. The molecule has 1 aliphatic heterocycles. The molecule has 0 aromatic heterocycles. The van der Waals surface area contributed by atoms with Crippen LogP contribution >= 0.6 is 0 Å². The van der Waals surface area contributed by atoms with Gasteiger partial charge < -0.3 is 4.74 Å². The summed E-state index contributed by atoms with van der Waals surface area (Å²) in [7, 11) is -3.16. The van der Waals surface area contributed by atoms with Crippen LogP contribution in [0.5, 0.6) is 0 Å². The Bertz CT molecular complexity index is 504. The summed E-state index contributed by atoms with van der Waals surface area (Å²) in [5, 5.41) is 0. The molecule has 1 aliphatic rings. The second-order valence-electron chi connectivity index (χ2n) is 5.19. The van der Waals surface area contributed by atoms with Gasteiger partial charge in [0.25, 0.3) is 0 Å². The minimum Gasteiger partial charge on any atom is -0.375 e. The third kappa shape index (κ3) is 5.58. The number of hydrogen-bond acceptors (Lipinski definition) is 4. The summed E-state index contributed by atoms with van der Waals surface area (Å²) in [6, 6.07) is 10.3. The molecule has 1 saturated heterocycles. The van der Waals surface area contributed by atoms with Crippen molar-refractivity contribution in [1.29, 1.82) is 0 Å². The van der Waals surface area contributed by atoms with Crippen LogP contribution in [0.3, 0.4) is 0 Å². The number of benzene rings is 1. The van der Waals surface area contributed by atoms with Crippen molar-refractivity contribution in [2.45, 2.75) is 19.1 Å². The molecule has 1 aromatic carbocycles. The Morgan fingerprint density at radius 1 is 1.35 bits per heavy atom. The number of rotatable bonds is 5. The van der Waals surface area contributed by atoms with Crippen LogP contribution in [0.4, 0.5) is 0 Å². The van der Waals surface area contributed by atoms with Crippen LogP contribution in [0.2, 0.25) is 0 Å². The average molecular weight is 298 g/mol. The first-order chi connectivity index (χ1) is 9.53. The quantitative estimate of drug-likeness (QED) is 0.874. The lowest BCUT2D eigenvalue weighted by Crippen LogP contribution is -2.39. The summed E-state index contributed by atoms with van der Waals surface area (Å²) < 4.78 is 30.5. The van der Waals surface area contributed by atoms with Gasteiger partial charge in [-0.25, -0.2) is 13.1 Å². The fraction of sp³-hybridized carbons (Fsp3) is 0.571. The van der Waals surface area contributed by atoms with Gasteiger partial charge in [0.05, 0.1) is 12.4 Å². The smallest absolute Gasteiger partial charge is 0.208 e. The normalized spacial score (nSPS) is 21.6. The zero-order chi connectivity index (χ0) is 14.4. The number of nitrogens with one attached hydrogen (secondary N) is 1. The average Bonchev–Trinajstić information content (AvgIpc) is 2.62. The predicted octanol–water partition coefficient (Wildman–Crippen LogP) is 0.827. The van der Waals surface area contributed by atoms with Crippen LogP contribution in [0, 0.1) is 0 Å². The second kappa shape index (κ2) is 7.17. The van der Waals surface area contributed by atoms with Gasteiger partial charge in [-0.3, -0.25) is 4.90 Å². The number of nitrogens with zero attached hydrogens (tertiary/aromatic N) is 1. The van der Waals surface area contributed by atoms with Gasteiger partial charge in [0.15, 0.2) is 0 Å². The van der Waals surface area contributed by atoms with Gasteiger partial charge in [-0.15, -0.1) is 0 Å². The van der Waals surface area contributed by atoms with Gasteiger partial charge in [-0.2, -0.15) is 0 Å². The van der Waals surface area contributed by atoms with Gasteiger partial charge in [0.2, 0.25) is 10.0 Å². The zero-order valence-corrected chi connectivity index (χ0v) is 12.6. The van der Waals surface area contributed by atoms with E-state index in [4.69, 9.17) is 4.74 Å². The Kier molecular flexibility index (Phi) is 5.54. The number of sulfonamides is 1. The maximum Gasteiger partial charge on any atom is 0.208 e. The van der Waals surface area contributed by atoms with Crippen LogP contribution in [0.1, 0.15) is 12.0 Å². The number of ether oxygens (including phenoxy) is 1. The molecule has 0 bridgehead atoms. The van der Waals surface area contributed by atoms with Crippen molar-refractivity contribution in [2.24, 2.45) is 0 Å². The van der Waals surface area contributed by atoms with Crippen molar-refractivity contribution in [3.05, 3.63) is 35.9 Å². The molecule has 0 saturated carbocycles. The van der Waals surface area contributed by atoms with Crippen LogP contribution in [-0.2, 0) is 21.3 Å². The maximum absolute atomic E-state index is 11.2. The molecule has 5 nitrogen and oxygen atoms in total. The second-order valence-corrected chi connectivity index (χ2v) is 7.02. The highest BCUT2D eigenvalue weighted by Gasteiger charge is 2.19. The fourth-order valence-electron chi connectivity index (χ4n) is 2.32. The third-order valence-electron chi connectivity index (χ3n) is 3.26. The highest BCUT2D eigenvalue weighted by atomic mass is 32.2. The van der Waals surface area contributed by atoms with E-state index in [0.29, 0.717) is 13.2 Å². The van der Waals surface area contributed by atoms with Crippen LogP contribution in [0.15, 0.2) is 30.3 Å². The van der Waals surface area contributed by atoms with Crippen molar-refractivity contribution in [2.75, 3.05) is 32.5 Å². The van der Waals surface area contributed by atoms with Crippen LogP contribution in [-0.4, -0.2) is 51.9 Å². The molecule has 1 atom stereocenters. The van der Waals surface area contributed by atoms with E-state index < -0.39 is 10.0 Å². The van der Waals surface area contributed by atoms with Crippen molar-refractivity contribution < 1.29 is 13.2 Å². The van der Waals surface area contributed by atoms with Gasteiger partial charge in [0, 0.05) is 32.8 Å². The summed E-state index contributed by atoms with van der Waals surface area (Å²) in [4.78, 5) is 2.32. The Labute approximate surface area is 121 Å². The van der Waals surface area contributed by atoms with Gasteiger partial charge in [0.1, 0.15) is 0 Å². The molecule has 2 rings (SSSR count). The Balaban J connectivity index is 1.90. The molecule has 20 heavy (non-hydrogen) atoms. The molecule has 0 unspecified atom stereocenters. The predicted molar refractivity (Wildman–Crippen MR) is 78.9 cm³/mol. The Morgan fingerprint density at radius 2 is 2.10 bits per heavy atom. The first kappa shape index (κ1) is 15.4. The zero-order valence-electron chi connectivity index (χ0n) is 11.8. The van der Waals surface area contributed by atoms with Crippen molar-refractivity contribution in [3.8, 4) is 0 Å². The van der Waals surface area contributed by atoms with Crippen molar-refractivity contribution in [1.82, 2.24) is 9.62 Å². The largest absolute Gasteiger partial charge is 0.375 e. The lowest BCUT2D eigenvalue weighted by atomic mass is 10.2. The monoisotopic (exact) mass is 298 g/mol. The molecule has 1 fully saturated rings. The molecular weight excluding hydrogens is 276 g/mol. The molecule has 0 radical (unpaired) electrons. The molecule has 0 spiro atoms. The summed E-state index contributed by atoms with van der Waals surface area (Å²) in [6.45, 7) is 3.62. The molecule has 0 amide bonds. The van der Waals surface area contributed by atoms with E-state index in [1.807, 2.05) is 18.2 Å². The van der Waals surface area contributed by atoms with Gasteiger partial charge in [-0.05, 0) is 12.0 Å². The van der Waals surface area contributed by atoms with E-state index in [1.54, 1.807) is 0 Å². The van der Waals surface area contributed by atoms with E-state index in [0.717, 1.165) is 26.1 Å². The Hall–Kier alpha value is -0.950. The maximum atomic E-state index is 11.2. The Morgan fingerprint density at radius 3 is 2.80 bits per heavy atom. The topological polar surface area (TPSA) is 58.6 Å². The fourth-order valence-corrected chi connectivity index (χ4v) is 2.81. The van der Waals surface area contributed by atoms with Gasteiger partial charge in [-0.1, -0.05) is 30.3 Å². The van der Waals surface area contributed by atoms with Crippen molar-refractivity contribution in [3.63, 3.8) is 0 Å².